The van der Waals surface area contributed by atoms with Crippen molar-refractivity contribution in [3.63, 3.8) is 0 Å². The average molecular weight is 414 g/mol. The zero-order chi connectivity index (χ0) is 19.7. The van der Waals surface area contributed by atoms with Crippen molar-refractivity contribution in [3.8, 4) is 0 Å². The molecule has 0 unspecified atom stereocenters. The molecule has 6 nitrogen and oxygen atoms in total. The van der Waals surface area contributed by atoms with Crippen molar-refractivity contribution in [3.05, 3.63) is 75.6 Å². The number of sulfonamides is 1. The maximum absolute atomic E-state index is 13.1. The molecule has 1 N–H and O–H groups in total. The Balaban J connectivity index is 1.58. The Bertz CT molecular complexity index is 1140. The van der Waals surface area contributed by atoms with Crippen molar-refractivity contribution in [2.45, 2.75) is 24.8 Å². The van der Waals surface area contributed by atoms with E-state index in [0.29, 0.717) is 25.3 Å². The quantitative estimate of drug-likeness (QED) is 0.710. The minimum absolute atomic E-state index is 0.122. The highest BCUT2D eigenvalue weighted by molar-refractivity contribution is 7.89. The summed E-state index contributed by atoms with van der Waals surface area (Å²) in [6.07, 6.45) is 2.31. The van der Waals surface area contributed by atoms with Gasteiger partial charge >= 0.3 is 0 Å². The SMILES string of the molecule is Cc1cccnc1NC(=O)c1cccc(S(=O)(=O)N2CCc3sccc3C2)c1. The van der Waals surface area contributed by atoms with E-state index >= 15 is 0 Å². The summed E-state index contributed by atoms with van der Waals surface area (Å²) in [4.78, 5) is 18.1. The number of pyridine rings is 1. The fourth-order valence-electron chi connectivity index (χ4n) is 3.17. The molecule has 0 saturated carbocycles. The first-order chi connectivity index (χ1) is 13.4. The summed E-state index contributed by atoms with van der Waals surface area (Å²) in [5.74, 6) is 0.0689. The molecule has 0 fully saturated rings. The summed E-state index contributed by atoms with van der Waals surface area (Å²) in [7, 11) is -3.68. The van der Waals surface area contributed by atoms with Crippen LogP contribution in [0, 0.1) is 6.92 Å². The molecule has 0 spiro atoms. The number of anilines is 1. The normalized spacial score (nSPS) is 14.5. The standard InChI is InChI=1S/C20H19N3O3S2/c1-14-4-3-9-21-19(14)22-20(24)15-5-2-6-17(12-15)28(25,26)23-10-7-18-16(13-23)8-11-27-18/h2-6,8-9,11-12H,7,10,13H2,1H3,(H,21,22,24). The van der Waals surface area contributed by atoms with Gasteiger partial charge in [0.15, 0.2) is 0 Å². The number of amides is 1. The number of hydrogen-bond acceptors (Lipinski definition) is 5. The molecule has 144 valence electrons. The summed E-state index contributed by atoms with van der Waals surface area (Å²) in [6, 6.07) is 11.7. The molecule has 2 aromatic heterocycles. The Morgan fingerprint density at radius 1 is 1.21 bits per heavy atom. The molecule has 1 amide bonds. The van der Waals surface area contributed by atoms with Crippen LogP contribution in [-0.2, 0) is 23.0 Å². The third-order valence-electron chi connectivity index (χ3n) is 4.75. The molecule has 1 aromatic carbocycles. The molecular weight excluding hydrogens is 394 g/mol. The Labute approximate surface area is 167 Å². The van der Waals surface area contributed by atoms with Gasteiger partial charge in [-0.1, -0.05) is 12.1 Å². The lowest BCUT2D eigenvalue weighted by Gasteiger charge is -2.26. The van der Waals surface area contributed by atoms with Crippen LogP contribution in [0.5, 0.6) is 0 Å². The predicted molar refractivity (Wildman–Crippen MR) is 109 cm³/mol. The van der Waals surface area contributed by atoms with E-state index in [9.17, 15) is 13.2 Å². The number of nitrogens with zero attached hydrogens (tertiary/aromatic N) is 2. The van der Waals surface area contributed by atoms with Crippen LogP contribution in [0.25, 0.3) is 0 Å². The number of aromatic nitrogens is 1. The van der Waals surface area contributed by atoms with Gasteiger partial charge in [-0.2, -0.15) is 4.31 Å². The number of carbonyl (C=O) groups excluding carboxylic acids is 1. The molecule has 0 bridgehead atoms. The van der Waals surface area contributed by atoms with E-state index in [-0.39, 0.29) is 10.5 Å². The van der Waals surface area contributed by atoms with Gasteiger partial charge in [0.1, 0.15) is 5.82 Å². The van der Waals surface area contributed by atoms with Gasteiger partial charge in [-0.3, -0.25) is 4.79 Å². The Kier molecular flexibility index (Phi) is 5.01. The van der Waals surface area contributed by atoms with Crippen LogP contribution in [0.15, 0.2) is 58.9 Å². The number of thiophene rings is 1. The minimum atomic E-state index is -3.68. The molecule has 0 saturated heterocycles. The van der Waals surface area contributed by atoms with Crippen molar-refractivity contribution in [1.29, 1.82) is 0 Å². The summed E-state index contributed by atoms with van der Waals surface area (Å²) in [6.45, 7) is 2.66. The number of nitrogens with one attached hydrogen (secondary N) is 1. The first-order valence-corrected chi connectivity index (χ1v) is 11.2. The third kappa shape index (κ3) is 3.58. The van der Waals surface area contributed by atoms with Gasteiger partial charge in [-0.25, -0.2) is 13.4 Å². The fourth-order valence-corrected chi connectivity index (χ4v) is 5.53. The molecule has 28 heavy (non-hydrogen) atoms. The summed E-state index contributed by atoms with van der Waals surface area (Å²) < 4.78 is 27.7. The third-order valence-corrected chi connectivity index (χ3v) is 7.61. The highest BCUT2D eigenvalue weighted by Gasteiger charge is 2.29. The van der Waals surface area contributed by atoms with Gasteiger partial charge in [0, 0.05) is 29.7 Å². The zero-order valence-corrected chi connectivity index (χ0v) is 16.9. The van der Waals surface area contributed by atoms with Gasteiger partial charge in [-0.05, 0) is 60.2 Å². The van der Waals surface area contributed by atoms with Gasteiger partial charge in [0.2, 0.25) is 10.0 Å². The maximum Gasteiger partial charge on any atom is 0.256 e. The topological polar surface area (TPSA) is 79.4 Å². The van der Waals surface area contributed by atoms with Crippen molar-refractivity contribution in [2.24, 2.45) is 0 Å². The molecular formula is C20H19N3O3S2. The molecule has 0 aliphatic carbocycles. The van der Waals surface area contributed by atoms with E-state index < -0.39 is 15.9 Å². The monoisotopic (exact) mass is 413 g/mol. The van der Waals surface area contributed by atoms with E-state index in [2.05, 4.69) is 10.3 Å². The van der Waals surface area contributed by atoms with E-state index in [0.717, 1.165) is 11.1 Å². The summed E-state index contributed by atoms with van der Waals surface area (Å²) in [5.41, 5.74) is 2.17. The molecule has 8 heteroatoms. The van der Waals surface area contributed by atoms with Crippen LogP contribution < -0.4 is 5.32 Å². The lowest BCUT2D eigenvalue weighted by Crippen LogP contribution is -2.35. The molecule has 1 aliphatic heterocycles. The number of aryl methyl sites for hydroxylation is 1. The highest BCUT2D eigenvalue weighted by atomic mass is 32.2. The number of hydrogen-bond donors (Lipinski definition) is 1. The largest absolute Gasteiger partial charge is 0.306 e. The van der Waals surface area contributed by atoms with Gasteiger partial charge in [0.05, 0.1) is 4.90 Å². The van der Waals surface area contributed by atoms with Gasteiger partial charge < -0.3 is 5.32 Å². The Hall–Kier alpha value is -2.55. The summed E-state index contributed by atoms with van der Waals surface area (Å²) in [5, 5.41) is 4.73. The van der Waals surface area contributed by atoms with Crippen LogP contribution in [-0.4, -0.2) is 30.2 Å². The van der Waals surface area contributed by atoms with Gasteiger partial charge in [-0.15, -0.1) is 11.3 Å². The van der Waals surface area contributed by atoms with Crippen LogP contribution in [0.4, 0.5) is 5.82 Å². The van der Waals surface area contributed by atoms with E-state index in [1.54, 1.807) is 35.7 Å². The highest BCUT2D eigenvalue weighted by Crippen LogP contribution is 2.28. The molecule has 1 aliphatic rings. The number of fused-ring (bicyclic) bond motifs is 1. The van der Waals surface area contributed by atoms with Crippen molar-refractivity contribution in [1.82, 2.24) is 9.29 Å². The molecule has 4 rings (SSSR count). The van der Waals surface area contributed by atoms with Crippen LogP contribution >= 0.6 is 11.3 Å². The Morgan fingerprint density at radius 2 is 2.07 bits per heavy atom. The van der Waals surface area contributed by atoms with Crippen molar-refractivity contribution < 1.29 is 13.2 Å². The second kappa shape index (κ2) is 7.46. The first kappa shape index (κ1) is 18.8. The molecule has 3 heterocycles. The molecule has 0 atom stereocenters. The predicted octanol–water partition coefficient (Wildman–Crippen LogP) is 3.45. The number of carbonyl (C=O) groups is 1. The molecule has 3 aromatic rings. The maximum atomic E-state index is 13.1. The molecule has 0 radical (unpaired) electrons. The summed E-state index contributed by atoms with van der Waals surface area (Å²) >= 11 is 1.66. The average Bonchev–Trinajstić information content (AvgIpc) is 3.17. The van der Waals surface area contributed by atoms with E-state index in [1.807, 2.05) is 24.4 Å². The van der Waals surface area contributed by atoms with Crippen LogP contribution in [0.3, 0.4) is 0 Å². The Morgan fingerprint density at radius 3 is 2.89 bits per heavy atom. The minimum Gasteiger partial charge on any atom is -0.306 e. The van der Waals surface area contributed by atoms with E-state index in [4.69, 9.17) is 0 Å². The lowest BCUT2D eigenvalue weighted by atomic mass is 10.1. The van der Waals surface area contributed by atoms with E-state index in [1.165, 1.54) is 21.3 Å². The fraction of sp³-hybridized carbons (Fsp3) is 0.200. The van der Waals surface area contributed by atoms with Gasteiger partial charge in [0.25, 0.3) is 5.91 Å². The van der Waals surface area contributed by atoms with Crippen molar-refractivity contribution in [2.75, 3.05) is 11.9 Å². The lowest BCUT2D eigenvalue weighted by molar-refractivity contribution is 0.102. The van der Waals surface area contributed by atoms with Crippen LogP contribution in [0.1, 0.15) is 26.4 Å². The first-order valence-electron chi connectivity index (χ1n) is 8.83. The second-order valence-corrected chi connectivity index (χ2v) is 9.55. The van der Waals surface area contributed by atoms with Crippen molar-refractivity contribution >= 4 is 33.1 Å². The van der Waals surface area contributed by atoms with Crippen LogP contribution in [0.2, 0.25) is 0 Å². The number of benzene rings is 1. The smallest absolute Gasteiger partial charge is 0.256 e. The zero-order valence-electron chi connectivity index (χ0n) is 15.3. The second-order valence-electron chi connectivity index (χ2n) is 6.61. The number of rotatable bonds is 4.